The van der Waals surface area contributed by atoms with Crippen molar-refractivity contribution in [3.63, 3.8) is 0 Å². The van der Waals surface area contributed by atoms with E-state index < -0.39 is 0 Å². The average molecular weight is 368 g/mol. The van der Waals surface area contributed by atoms with Gasteiger partial charge in [-0.05, 0) is 0 Å². The van der Waals surface area contributed by atoms with E-state index in [-0.39, 0.29) is 21.1 Å². The first-order valence-corrected chi connectivity index (χ1v) is 10.7. The van der Waals surface area contributed by atoms with Gasteiger partial charge in [0.1, 0.15) is 0 Å². The molecule has 3 atom stereocenters. The summed E-state index contributed by atoms with van der Waals surface area (Å²) in [5.74, 6) is 0. The van der Waals surface area contributed by atoms with Gasteiger partial charge in [0.05, 0.1) is 0 Å². The van der Waals surface area contributed by atoms with Crippen LogP contribution in [0.4, 0.5) is 5.69 Å². The first-order valence-electron chi connectivity index (χ1n) is 6.75. The summed E-state index contributed by atoms with van der Waals surface area (Å²) in [6.07, 6.45) is 6.81. The van der Waals surface area contributed by atoms with E-state index in [9.17, 15) is 0 Å². The number of hydrogen-bond donors (Lipinski definition) is 0. The number of aromatic nitrogens is 1. The fourth-order valence-corrected chi connectivity index (χ4v) is 6.15. The predicted molar refractivity (Wildman–Crippen MR) is 80.7 cm³/mol. The van der Waals surface area contributed by atoms with Crippen molar-refractivity contribution in [1.82, 2.24) is 9.65 Å². The molecule has 96 valence electrons. The summed E-state index contributed by atoms with van der Waals surface area (Å²) in [6, 6.07) is 3.86. The Balaban J connectivity index is 1.73. The fraction of sp³-hybridized carbons (Fsp3) is 0.615. The topological polar surface area (TPSA) is 19.4 Å². The van der Waals surface area contributed by atoms with Crippen molar-refractivity contribution in [2.24, 2.45) is 0 Å². The van der Waals surface area contributed by atoms with E-state index in [2.05, 4.69) is 49.3 Å². The van der Waals surface area contributed by atoms with Crippen molar-refractivity contribution in [1.29, 1.82) is 0 Å². The standard InChI is InChI=1S/C10H13N3P.C3H7.Sn/c14-13-7-9-4-10(13)6-12(9)8-2-1-3-11-5-8;1-3-2;/h2-3,5,9-10H,4,6-7,14H2;1,3H2,2H3;. The molecule has 2 fully saturated rings. The van der Waals surface area contributed by atoms with Crippen molar-refractivity contribution < 1.29 is 0 Å². The Labute approximate surface area is 122 Å². The summed E-state index contributed by atoms with van der Waals surface area (Å²) in [6.45, 7) is 4.65. The molecule has 2 saturated heterocycles. The summed E-state index contributed by atoms with van der Waals surface area (Å²) in [5, 5.41) is 0. The molecule has 2 bridgehead atoms. The number of rotatable bonds is 4. The molecule has 3 heterocycles. The Morgan fingerprint density at radius 2 is 2.28 bits per heavy atom. The van der Waals surface area contributed by atoms with Crippen LogP contribution in [0.2, 0.25) is 4.44 Å². The molecule has 2 aliphatic rings. The molecule has 18 heavy (non-hydrogen) atoms. The second-order valence-corrected chi connectivity index (χ2v) is 10.00. The predicted octanol–water partition coefficient (Wildman–Crippen LogP) is 1.29. The van der Waals surface area contributed by atoms with Gasteiger partial charge < -0.3 is 0 Å². The minimum atomic E-state index is -0.365. The number of pyridine rings is 1. The third-order valence-corrected chi connectivity index (χ3v) is 8.64. The van der Waals surface area contributed by atoms with E-state index in [0.29, 0.717) is 6.04 Å². The van der Waals surface area contributed by atoms with E-state index in [1.165, 1.54) is 36.1 Å². The number of hydrogen-bond acceptors (Lipinski definition) is 3. The molecule has 0 saturated carbocycles. The van der Waals surface area contributed by atoms with Crippen LogP contribution in [0.25, 0.3) is 0 Å². The normalized spacial score (nSPS) is 27.1. The van der Waals surface area contributed by atoms with Crippen LogP contribution in [0.5, 0.6) is 0 Å². The molecule has 3 nitrogen and oxygen atoms in total. The average Bonchev–Trinajstić information content (AvgIpc) is 2.95. The molecule has 0 N–H and O–H groups in total. The third-order valence-electron chi connectivity index (χ3n) is 3.92. The van der Waals surface area contributed by atoms with Crippen molar-refractivity contribution >= 4 is 39.8 Å². The van der Waals surface area contributed by atoms with Crippen LogP contribution >= 0.6 is 9.39 Å². The van der Waals surface area contributed by atoms with Gasteiger partial charge in [0.2, 0.25) is 0 Å². The van der Waals surface area contributed by atoms with Crippen molar-refractivity contribution in [3.8, 4) is 0 Å². The Bertz CT molecular complexity index is 426. The molecule has 2 aliphatic heterocycles. The van der Waals surface area contributed by atoms with Crippen LogP contribution in [0.1, 0.15) is 19.8 Å². The summed E-state index contributed by atoms with van der Waals surface area (Å²) in [7, 11) is 2.87. The van der Waals surface area contributed by atoms with Gasteiger partial charge in [-0.25, -0.2) is 0 Å². The van der Waals surface area contributed by atoms with Crippen LogP contribution < -0.4 is 8.48 Å². The molecule has 0 aliphatic carbocycles. The van der Waals surface area contributed by atoms with Gasteiger partial charge in [-0.3, -0.25) is 0 Å². The monoisotopic (exact) mass is 369 g/mol. The second kappa shape index (κ2) is 5.64. The molecule has 3 unspecified atom stereocenters. The molecule has 0 amide bonds. The maximum absolute atomic E-state index is 4.47. The molecular formula is C13H20N3PSn. The van der Waals surface area contributed by atoms with E-state index in [1.807, 2.05) is 0 Å². The Kier molecular flexibility index (Phi) is 4.11. The zero-order valence-corrected chi connectivity index (χ0v) is 14.9. The van der Waals surface area contributed by atoms with Gasteiger partial charge in [-0.2, -0.15) is 0 Å². The molecule has 3 rings (SSSR count). The van der Waals surface area contributed by atoms with Gasteiger partial charge in [0.25, 0.3) is 0 Å². The van der Waals surface area contributed by atoms with E-state index in [1.54, 1.807) is 3.58 Å². The van der Waals surface area contributed by atoms with Crippen molar-refractivity contribution in [3.05, 3.63) is 18.5 Å². The first-order chi connectivity index (χ1) is 8.78. The van der Waals surface area contributed by atoms with E-state index in [4.69, 9.17) is 0 Å². The molecular weight excluding hydrogens is 348 g/mol. The minimum absolute atomic E-state index is 0.365. The maximum atomic E-state index is 4.47. The van der Waals surface area contributed by atoms with Crippen LogP contribution in [0.15, 0.2) is 18.5 Å². The first kappa shape index (κ1) is 13.1. The number of nitrogens with zero attached hydrogens (tertiary/aromatic N) is 3. The van der Waals surface area contributed by atoms with E-state index >= 15 is 0 Å². The van der Waals surface area contributed by atoms with Crippen molar-refractivity contribution in [2.45, 2.75) is 36.3 Å². The second-order valence-electron chi connectivity index (χ2n) is 5.25. The van der Waals surface area contributed by atoms with Crippen molar-refractivity contribution in [2.75, 3.05) is 18.0 Å². The summed E-state index contributed by atoms with van der Waals surface area (Å²) in [5.41, 5.74) is 1.37. The van der Waals surface area contributed by atoms with Crippen LogP contribution in [-0.2, 0) is 0 Å². The van der Waals surface area contributed by atoms with Crippen LogP contribution in [0.3, 0.4) is 0 Å². The third kappa shape index (κ3) is 2.54. The zero-order chi connectivity index (χ0) is 12.5. The molecule has 2 radical (unpaired) electrons. The number of anilines is 1. The van der Waals surface area contributed by atoms with Crippen LogP contribution in [0, 0.1) is 0 Å². The molecule has 1 aromatic heterocycles. The van der Waals surface area contributed by atoms with Gasteiger partial charge in [0, 0.05) is 0 Å². The quantitative estimate of drug-likeness (QED) is 0.590. The van der Waals surface area contributed by atoms with Gasteiger partial charge in [0.15, 0.2) is 0 Å². The molecule has 5 heteroatoms. The van der Waals surface area contributed by atoms with Gasteiger partial charge >= 0.3 is 122 Å². The zero-order valence-electron chi connectivity index (χ0n) is 10.8. The Morgan fingerprint density at radius 3 is 2.94 bits per heavy atom. The summed E-state index contributed by atoms with van der Waals surface area (Å²) in [4.78, 5) is 7.04. The SMILES string of the molecule is CC[CH2][Sn][c]1cncc(N2CC3CC2CN3P)c1. The van der Waals surface area contributed by atoms with Gasteiger partial charge in [-0.15, -0.1) is 0 Å². The van der Waals surface area contributed by atoms with Gasteiger partial charge in [-0.1, -0.05) is 0 Å². The number of fused-ring (bicyclic) bond motifs is 2. The van der Waals surface area contributed by atoms with Crippen LogP contribution in [-0.4, -0.2) is 56.0 Å². The summed E-state index contributed by atoms with van der Waals surface area (Å²) < 4.78 is 5.41. The Hall–Kier alpha value is 0.139. The summed E-state index contributed by atoms with van der Waals surface area (Å²) >= 11 is -0.365. The number of piperazine rings is 1. The molecule has 1 aromatic rings. The van der Waals surface area contributed by atoms with E-state index in [0.717, 1.165) is 6.04 Å². The molecule has 0 spiro atoms. The Morgan fingerprint density at radius 1 is 1.39 bits per heavy atom. The fourth-order valence-electron chi connectivity index (χ4n) is 2.96. The molecule has 0 aromatic carbocycles.